The smallest absolute Gasteiger partial charge is 0.347 e. The van der Waals surface area contributed by atoms with Crippen LogP contribution < -0.4 is 22.5 Å². The summed E-state index contributed by atoms with van der Waals surface area (Å²) in [5.74, 6) is 0. The van der Waals surface area contributed by atoms with E-state index in [2.05, 4.69) is 8.83 Å². The van der Waals surface area contributed by atoms with Crippen molar-refractivity contribution in [2.24, 2.45) is 0 Å². The van der Waals surface area contributed by atoms with Crippen molar-refractivity contribution in [2.45, 2.75) is 0 Å². The van der Waals surface area contributed by atoms with Gasteiger partial charge in [-0.3, -0.25) is 0 Å². The van der Waals surface area contributed by atoms with Crippen LogP contribution in [0.5, 0.6) is 0 Å². The fourth-order valence-electron chi connectivity index (χ4n) is 3.30. The van der Waals surface area contributed by atoms with Gasteiger partial charge in [0.05, 0.1) is 21.5 Å². The summed E-state index contributed by atoms with van der Waals surface area (Å²) in [7, 11) is 0. The lowest BCUT2D eigenvalue weighted by Gasteiger charge is -2.04. The molecule has 0 fully saturated rings. The molecule has 0 saturated heterocycles. The molecule has 0 atom stereocenters. The largest absolute Gasteiger partial charge is 0.386 e. The van der Waals surface area contributed by atoms with Crippen LogP contribution in [-0.2, 0) is 0 Å². The molecular weight excluding hydrogens is 312 g/mol. The van der Waals surface area contributed by atoms with Crippen molar-refractivity contribution in [2.75, 3.05) is 0 Å². The molecule has 2 heterocycles. The van der Waals surface area contributed by atoms with Crippen molar-refractivity contribution in [3.8, 4) is 0 Å². The minimum absolute atomic E-state index is 0.194. The quantitative estimate of drug-likeness (QED) is 0.404. The highest BCUT2D eigenvalue weighted by molar-refractivity contribution is 6.18. The zero-order valence-electron chi connectivity index (χ0n) is 11.9. The van der Waals surface area contributed by atoms with Crippen LogP contribution >= 0.6 is 0 Å². The molecule has 0 aliphatic rings. The molecule has 0 bridgehead atoms. The van der Waals surface area contributed by atoms with E-state index in [1.165, 1.54) is 6.07 Å². The summed E-state index contributed by atoms with van der Waals surface area (Å²) in [6, 6.07) is 9.82. The van der Waals surface area contributed by atoms with Gasteiger partial charge in [0, 0.05) is 0 Å². The molecule has 0 amide bonds. The van der Waals surface area contributed by atoms with Gasteiger partial charge >= 0.3 is 22.5 Å². The predicted octanol–water partition coefficient (Wildman–Crippen LogP) is 1.80. The van der Waals surface area contributed by atoms with Gasteiger partial charge in [-0.2, -0.15) is 0 Å². The van der Waals surface area contributed by atoms with Gasteiger partial charge in [0.25, 0.3) is 0 Å². The molecule has 6 nitrogen and oxygen atoms in total. The Morgan fingerprint density at radius 1 is 0.500 bits per heavy atom. The molecule has 0 aliphatic heterocycles. The Kier molecular flexibility index (Phi) is 2.19. The molecule has 0 spiro atoms. The van der Waals surface area contributed by atoms with Gasteiger partial charge in [0.2, 0.25) is 0 Å². The first kappa shape index (κ1) is 13.0. The summed E-state index contributed by atoms with van der Waals surface area (Å²) < 4.78 is 9.28. The molecule has 114 valence electrons. The van der Waals surface area contributed by atoms with E-state index in [0.29, 0.717) is 16.2 Å². The summed E-state index contributed by atoms with van der Waals surface area (Å²) in [6.07, 6.45) is 0. The second-order valence-corrected chi connectivity index (χ2v) is 5.62. The molecule has 5 rings (SSSR count). The van der Waals surface area contributed by atoms with Crippen molar-refractivity contribution in [1.29, 1.82) is 0 Å². The highest BCUT2D eigenvalue weighted by Gasteiger charge is 2.15. The topological polar surface area (TPSA) is 94.6 Å². The molecule has 6 heteroatoms. The van der Waals surface area contributed by atoms with Crippen molar-refractivity contribution >= 4 is 43.1 Å². The van der Waals surface area contributed by atoms with Crippen LogP contribution in [-0.4, -0.2) is 0 Å². The number of rotatable bonds is 0. The summed E-state index contributed by atoms with van der Waals surface area (Å²) in [5, 5.41) is 3.53. The Morgan fingerprint density at radius 3 is 1.88 bits per heavy atom. The van der Waals surface area contributed by atoms with Crippen LogP contribution in [0.25, 0.3) is 43.1 Å². The number of hydrogen-bond acceptors (Lipinski definition) is 6. The maximum absolute atomic E-state index is 11.9. The number of hydrogen-bond donors (Lipinski definition) is 0. The van der Waals surface area contributed by atoms with E-state index in [1.54, 1.807) is 30.3 Å². The van der Waals surface area contributed by atoms with Gasteiger partial charge in [-0.15, -0.1) is 0 Å². The van der Waals surface area contributed by atoms with Gasteiger partial charge in [-0.05, 0) is 39.7 Å². The van der Waals surface area contributed by atoms with Crippen LogP contribution in [0.2, 0.25) is 0 Å². The lowest BCUT2D eigenvalue weighted by atomic mass is 9.97. The molecule has 0 aliphatic carbocycles. The molecule has 0 saturated carbocycles. The second-order valence-electron chi connectivity index (χ2n) is 5.62. The van der Waals surface area contributed by atoms with Gasteiger partial charge < -0.3 is 8.83 Å². The van der Waals surface area contributed by atoms with Gasteiger partial charge in [-0.1, -0.05) is 18.2 Å². The van der Waals surface area contributed by atoms with E-state index in [0.717, 1.165) is 5.39 Å². The second kappa shape index (κ2) is 4.05. The first-order valence-electron chi connectivity index (χ1n) is 7.11. The van der Waals surface area contributed by atoms with Crippen molar-refractivity contribution in [1.82, 2.24) is 0 Å². The predicted molar refractivity (Wildman–Crippen MR) is 88.5 cm³/mol. The fraction of sp³-hybridized carbons (Fsp3) is 0. The maximum Gasteiger partial charge on any atom is 0.347 e. The zero-order valence-corrected chi connectivity index (χ0v) is 11.9. The highest BCUT2D eigenvalue weighted by Crippen LogP contribution is 2.30. The average molecular weight is 318 g/mol. The average Bonchev–Trinajstić information content (AvgIpc) is 3.02. The normalized spacial score (nSPS) is 12.0. The molecule has 0 unspecified atom stereocenters. The molecular formula is C18H6O6. The first-order valence-corrected chi connectivity index (χ1v) is 7.11. The zero-order chi connectivity index (χ0) is 16.6. The Morgan fingerprint density at radius 2 is 1.08 bits per heavy atom. The lowest BCUT2D eigenvalue weighted by molar-refractivity contribution is 0.499. The van der Waals surface area contributed by atoms with Gasteiger partial charge in [-0.25, -0.2) is 19.2 Å². The summed E-state index contributed by atoms with van der Waals surface area (Å²) in [6.45, 7) is 0. The number of benzene rings is 3. The molecule has 0 radical (unpaired) electrons. The van der Waals surface area contributed by atoms with Crippen LogP contribution in [0.3, 0.4) is 0 Å². The number of furan rings is 2. The SMILES string of the molecule is O=c1oc(=O)c2cc3c(ccc4c3ccc3c(=O)oc(=O)c34)cc12. The van der Waals surface area contributed by atoms with E-state index in [-0.39, 0.29) is 21.5 Å². The van der Waals surface area contributed by atoms with Crippen LogP contribution in [0.15, 0.2) is 64.4 Å². The van der Waals surface area contributed by atoms with E-state index < -0.39 is 22.5 Å². The molecule has 0 N–H and O–H groups in total. The molecule has 3 aromatic carbocycles. The van der Waals surface area contributed by atoms with E-state index >= 15 is 0 Å². The standard InChI is InChI=1S/C18H6O6/c19-15-10-4-3-8-9(14(10)18(22)24-15)2-1-7-5-12-13(6-11(7)8)17(21)23-16(12)20/h1-6H. The summed E-state index contributed by atoms with van der Waals surface area (Å²) in [5.41, 5.74) is -2.71. The third kappa shape index (κ3) is 1.44. The lowest BCUT2D eigenvalue weighted by Crippen LogP contribution is -1.94. The maximum atomic E-state index is 11.9. The molecule has 24 heavy (non-hydrogen) atoms. The van der Waals surface area contributed by atoms with E-state index in [1.807, 2.05) is 0 Å². The highest BCUT2D eigenvalue weighted by atomic mass is 16.4. The monoisotopic (exact) mass is 318 g/mol. The third-order valence-electron chi connectivity index (χ3n) is 4.39. The van der Waals surface area contributed by atoms with Crippen molar-refractivity contribution < 1.29 is 8.83 Å². The Hall–Kier alpha value is -3.54. The minimum Gasteiger partial charge on any atom is -0.386 e. The Labute approximate surface area is 130 Å². The van der Waals surface area contributed by atoms with Crippen LogP contribution in [0.4, 0.5) is 0 Å². The summed E-state index contributed by atoms with van der Waals surface area (Å²) in [4.78, 5) is 47.1. The summed E-state index contributed by atoms with van der Waals surface area (Å²) >= 11 is 0. The van der Waals surface area contributed by atoms with Crippen molar-refractivity contribution in [3.63, 3.8) is 0 Å². The van der Waals surface area contributed by atoms with Crippen molar-refractivity contribution in [3.05, 3.63) is 78.1 Å². The third-order valence-corrected chi connectivity index (χ3v) is 4.39. The van der Waals surface area contributed by atoms with Gasteiger partial charge in [0.15, 0.2) is 0 Å². The van der Waals surface area contributed by atoms with Crippen LogP contribution in [0.1, 0.15) is 0 Å². The molecule has 5 aromatic rings. The Bertz CT molecular complexity index is 1510. The number of fused-ring (bicyclic) bond motifs is 6. The molecule has 2 aromatic heterocycles. The van der Waals surface area contributed by atoms with Gasteiger partial charge in [0.1, 0.15) is 0 Å². The first-order chi connectivity index (χ1) is 11.5. The van der Waals surface area contributed by atoms with E-state index in [9.17, 15) is 19.2 Å². The Balaban J connectivity index is 2.11. The van der Waals surface area contributed by atoms with E-state index in [4.69, 9.17) is 0 Å². The fourth-order valence-corrected chi connectivity index (χ4v) is 3.30. The minimum atomic E-state index is -0.690. The van der Waals surface area contributed by atoms with Crippen LogP contribution in [0, 0.1) is 0 Å².